The van der Waals surface area contributed by atoms with Crippen LogP contribution in [0.25, 0.3) is 0 Å². The SMILES string of the molecule is Nc1c(N)c(NCCO)[n+]([O-])[n+]([O-])c1N. The number of nitrogens with one attached hydrogen (secondary N) is 1. The van der Waals surface area contributed by atoms with Gasteiger partial charge in [0.15, 0.2) is 11.4 Å². The van der Waals surface area contributed by atoms with E-state index in [1.54, 1.807) is 0 Å². The number of nitrogen functional groups attached to an aromatic ring is 3. The van der Waals surface area contributed by atoms with Gasteiger partial charge in [0.1, 0.15) is 6.54 Å². The topological polar surface area (TPSA) is 164 Å². The highest BCUT2D eigenvalue weighted by Crippen LogP contribution is 2.23. The number of aromatic nitrogens is 2. The van der Waals surface area contributed by atoms with E-state index in [1.165, 1.54) is 0 Å². The number of hydrogen-bond acceptors (Lipinski definition) is 7. The summed E-state index contributed by atoms with van der Waals surface area (Å²) >= 11 is 0. The van der Waals surface area contributed by atoms with Gasteiger partial charge in [-0.3, -0.25) is 11.1 Å². The van der Waals surface area contributed by atoms with Gasteiger partial charge in [-0.05, 0) is 0 Å². The second-order valence-corrected chi connectivity index (χ2v) is 2.76. The average Bonchev–Trinajstić information content (AvgIpc) is 2.24. The first-order valence-electron chi connectivity index (χ1n) is 4.05. The molecule has 0 aliphatic carbocycles. The van der Waals surface area contributed by atoms with E-state index in [0.29, 0.717) is 0 Å². The molecule has 1 heterocycles. The molecule has 15 heavy (non-hydrogen) atoms. The Morgan fingerprint density at radius 2 is 1.73 bits per heavy atom. The van der Waals surface area contributed by atoms with Crippen LogP contribution in [0.4, 0.5) is 23.0 Å². The molecule has 1 aromatic heterocycles. The molecule has 0 bridgehead atoms. The molecule has 8 N–H and O–H groups in total. The van der Waals surface area contributed by atoms with Gasteiger partial charge >= 0.3 is 11.6 Å². The number of rotatable bonds is 3. The Morgan fingerprint density at radius 1 is 1.13 bits per heavy atom. The van der Waals surface area contributed by atoms with Crippen LogP contribution in [0.2, 0.25) is 0 Å². The molecule has 1 rings (SSSR count). The summed E-state index contributed by atoms with van der Waals surface area (Å²) in [4.78, 5) is -0.206. The number of nitrogens with zero attached hydrogens (tertiary/aromatic N) is 2. The van der Waals surface area contributed by atoms with Crippen LogP contribution in [0.15, 0.2) is 0 Å². The lowest BCUT2D eigenvalue weighted by Crippen LogP contribution is -2.63. The fourth-order valence-corrected chi connectivity index (χ4v) is 0.997. The molecule has 84 valence electrons. The first kappa shape index (κ1) is 10.9. The number of nitrogens with two attached hydrogens (primary N) is 3. The standard InChI is InChI=1S/C6H12N6O3/c7-3-4(8)6(10-1-2-13)12(15)11(14)5(3)9/h10,13H,1-2,7-9H2. The van der Waals surface area contributed by atoms with Crippen LogP contribution in [0.3, 0.4) is 0 Å². The molecule has 0 radical (unpaired) electrons. The van der Waals surface area contributed by atoms with E-state index in [-0.39, 0.29) is 40.0 Å². The minimum atomic E-state index is -0.461. The van der Waals surface area contributed by atoms with E-state index < -0.39 is 5.82 Å². The van der Waals surface area contributed by atoms with Crippen molar-refractivity contribution in [1.29, 1.82) is 0 Å². The molecule has 0 aliphatic heterocycles. The Balaban J connectivity index is 3.26. The van der Waals surface area contributed by atoms with Crippen molar-refractivity contribution in [3.8, 4) is 0 Å². The Morgan fingerprint density at radius 3 is 2.27 bits per heavy atom. The van der Waals surface area contributed by atoms with E-state index in [4.69, 9.17) is 22.3 Å². The van der Waals surface area contributed by atoms with Crippen LogP contribution in [-0.4, -0.2) is 18.3 Å². The lowest BCUT2D eigenvalue weighted by atomic mass is 10.3. The number of anilines is 4. The average molecular weight is 216 g/mol. The Kier molecular flexibility index (Phi) is 2.85. The second-order valence-electron chi connectivity index (χ2n) is 2.76. The predicted octanol–water partition coefficient (Wildman–Crippen LogP) is -2.90. The van der Waals surface area contributed by atoms with Gasteiger partial charge in [0, 0.05) is 0 Å². The van der Waals surface area contributed by atoms with Gasteiger partial charge in [0.25, 0.3) is 0 Å². The predicted molar refractivity (Wildman–Crippen MR) is 53.2 cm³/mol. The third kappa shape index (κ3) is 1.72. The van der Waals surface area contributed by atoms with E-state index in [0.717, 1.165) is 0 Å². The lowest BCUT2D eigenvalue weighted by molar-refractivity contribution is -1.17. The van der Waals surface area contributed by atoms with Crippen LogP contribution in [0.1, 0.15) is 0 Å². The Labute approximate surface area is 84.8 Å². The smallest absolute Gasteiger partial charge is 0.341 e. The van der Waals surface area contributed by atoms with Gasteiger partial charge in [-0.25, -0.2) is 0 Å². The summed E-state index contributed by atoms with van der Waals surface area (Å²) in [5.41, 5.74) is 15.8. The fraction of sp³-hybridized carbons (Fsp3) is 0.333. The van der Waals surface area contributed by atoms with Gasteiger partial charge in [-0.2, -0.15) is 0 Å². The third-order valence-corrected chi connectivity index (χ3v) is 1.79. The quantitative estimate of drug-likeness (QED) is 0.267. The van der Waals surface area contributed by atoms with Crippen molar-refractivity contribution in [1.82, 2.24) is 0 Å². The maximum atomic E-state index is 11.3. The number of aliphatic hydroxyl groups excluding tert-OH is 1. The summed E-state index contributed by atoms with van der Waals surface area (Å²) in [6.07, 6.45) is 0. The maximum Gasteiger partial charge on any atom is 0.341 e. The minimum absolute atomic E-state index is 0.0653. The van der Waals surface area contributed by atoms with E-state index in [1.807, 2.05) is 0 Å². The zero-order valence-electron chi connectivity index (χ0n) is 7.80. The number of hydrogen-bond donors (Lipinski definition) is 5. The molecule has 9 heteroatoms. The Bertz CT molecular complexity index is 353. The van der Waals surface area contributed by atoms with Crippen molar-refractivity contribution < 1.29 is 14.8 Å². The highest BCUT2D eigenvalue weighted by molar-refractivity contribution is 5.79. The summed E-state index contributed by atoms with van der Waals surface area (Å²) in [7, 11) is 0. The maximum absolute atomic E-state index is 11.3. The zero-order chi connectivity index (χ0) is 11.6. The molecule has 0 spiro atoms. The normalized spacial score (nSPS) is 10.2. The van der Waals surface area contributed by atoms with Gasteiger partial charge in [0.2, 0.25) is 0 Å². The molecule has 0 fully saturated rings. The van der Waals surface area contributed by atoms with Crippen LogP contribution in [-0.2, 0) is 0 Å². The zero-order valence-corrected chi connectivity index (χ0v) is 7.80. The lowest BCUT2D eigenvalue weighted by Gasteiger charge is -2.15. The van der Waals surface area contributed by atoms with E-state index >= 15 is 0 Å². The molecule has 0 amide bonds. The fourth-order valence-electron chi connectivity index (χ4n) is 0.997. The third-order valence-electron chi connectivity index (χ3n) is 1.79. The molecule has 1 aromatic rings. The van der Waals surface area contributed by atoms with Crippen molar-refractivity contribution in [2.75, 3.05) is 35.7 Å². The molecular weight excluding hydrogens is 204 g/mol. The van der Waals surface area contributed by atoms with Gasteiger partial charge < -0.3 is 27.0 Å². The first-order valence-corrected chi connectivity index (χ1v) is 4.05. The summed E-state index contributed by atoms with van der Waals surface area (Å²) in [6.45, 7) is -0.154. The summed E-state index contributed by atoms with van der Waals surface area (Å²) in [5.74, 6) is -0.692. The van der Waals surface area contributed by atoms with Gasteiger partial charge in [0.05, 0.1) is 6.61 Å². The minimum Gasteiger partial charge on any atom is -0.675 e. The molecule has 0 saturated carbocycles. The van der Waals surface area contributed by atoms with Gasteiger partial charge in [-0.15, -0.1) is 0 Å². The number of aliphatic hydroxyl groups is 1. The Hall–Kier alpha value is -2.16. The molecule has 0 saturated heterocycles. The van der Waals surface area contributed by atoms with Crippen molar-refractivity contribution in [2.24, 2.45) is 0 Å². The largest absolute Gasteiger partial charge is 0.675 e. The van der Waals surface area contributed by atoms with Crippen molar-refractivity contribution in [3.05, 3.63) is 10.4 Å². The van der Waals surface area contributed by atoms with Crippen molar-refractivity contribution in [2.45, 2.75) is 0 Å². The van der Waals surface area contributed by atoms with Crippen LogP contribution >= 0.6 is 0 Å². The highest BCUT2D eigenvalue weighted by atomic mass is 16.6. The molecule has 9 nitrogen and oxygen atoms in total. The van der Waals surface area contributed by atoms with Crippen LogP contribution < -0.4 is 32.2 Å². The van der Waals surface area contributed by atoms with E-state index in [9.17, 15) is 10.4 Å². The van der Waals surface area contributed by atoms with Crippen molar-refractivity contribution >= 4 is 23.0 Å². The van der Waals surface area contributed by atoms with Crippen LogP contribution in [0, 0.1) is 10.4 Å². The molecule has 0 aliphatic rings. The molecule has 0 aromatic carbocycles. The first-order chi connectivity index (χ1) is 7.00. The van der Waals surface area contributed by atoms with E-state index in [2.05, 4.69) is 5.32 Å². The molecule has 0 atom stereocenters. The highest BCUT2D eigenvalue weighted by Gasteiger charge is 2.22. The monoisotopic (exact) mass is 216 g/mol. The summed E-state index contributed by atoms with van der Waals surface area (Å²) in [5, 5.41) is 33.4. The van der Waals surface area contributed by atoms with Gasteiger partial charge in [-0.1, -0.05) is 9.69 Å². The van der Waals surface area contributed by atoms with Crippen LogP contribution in [0.5, 0.6) is 0 Å². The molecular formula is C6H12N6O3. The summed E-state index contributed by atoms with van der Waals surface area (Å²) < 4.78 is 0. The van der Waals surface area contributed by atoms with Crippen molar-refractivity contribution in [3.63, 3.8) is 0 Å². The second kappa shape index (κ2) is 3.92. The summed E-state index contributed by atoms with van der Waals surface area (Å²) in [6, 6.07) is 0. The molecule has 0 unspecified atom stereocenters.